The van der Waals surface area contributed by atoms with Gasteiger partial charge in [-0.15, -0.1) is 0 Å². The van der Waals surface area contributed by atoms with Gasteiger partial charge in [-0.2, -0.15) is 0 Å². The van der Waals surface area contributed by atoms with Crippen LogP contribution in [0.3, 0.4) is 0 Å². The predicted molar refractivity (Wildman–Crippen MR) is 103 cm³/mol. The predicted octanol–water partition coefficient (Wildman–Crippen LogP) is 2.91. The Labute approximate surface area is 166 Å². The Hall–Kier alpha value is -3.04. The second-order valence-corrected chi connectivity index (χ2v) is 6.06. The summed E-state index contributed by atoms with van der Waals surface area (Å²) in [7, 11) is 0. The van der Waals surface area contributed by atoms with Crippen LogP contribution < -0.4 is 16.0 Å². The number of carbonyl (C=O) groups excluding carboxylic acids is 1. The number of halogens is 3. The molecule has 0 spiro atoms. The van der Waals surface area contributed by atoms with E-state index in [1.165, 1.54) is 0 Å². The van der Waals surface area contributed by atoms with Crippen molar-refractivity contribution in [2.75, 3.05) is 18.4 Å². The van der Waals surface area contributed by atoms with Crippen molar-refractivity contribution in [3.8, 4) is 0 Å². The molecule has 2 aromatic rings. The fourth-order valence-electron chi connectivity index (χ4n) is 2.60. The fourth-order valence-corrected chi connectivity index (χ4v) is 2.60. The van der Waals surface area contributed by atoms with Crippen LogP contribution in [0.1, 0.15) is 37.8 Å². The monoisotopic (exact) mass is 411 g/mol. The maximum absolute atomic E-state index is 13.7. The highest BCUT2D eigenvalue weighted by atomic mass is 19.2. The van der Waals surface area contributed by atoms with Crippen LogP contribution in [0.15, 0.2) is 21.6 Å². The molecular formula is C19H24F3N5O2. The highest BCUT2D eigenvalue weighted by Crippen LogP contribution is 2.19. The fraction of sp³-hybridized carbons (Fsp3) is 0.421. The molecule has 7 nitrogen and oxygen atoms in total. The molecule has 3 N–H and O–H groups in total. The first kappa shape index (κ1) is 22.3. The number of aliphatic imine (C=N–C) groups is 1. The SMILES string of the molecule is CCNC(=NCc1c(CC)noc1CC)NCC(=O)Nc1ccc(F)c(F)c1F. The third kappa shape index (κ3) is 5.72. The average molecular weight is 411 g/mol. The van der Waals surface area contributed by atoms with Crippen molar-refractivity contribution in [2.45, 2.75) is 40.2 Å². The molecule has 158 valence electrons. The van der Waals surface area contributed by atoms with E-state index < -0.39 is 29.0 Å². The number of amides is 1. The van der Waals surface area contributed by atoms with E-state index in [4.69, 9.17) is 4.52 Å². The molecule has 0 unspecified atom stereocenters. The molecule has 0 aliphatic carbocycles. The summed E-state index contributed by atoms with van der Waals surface area (Å²) in [4.78, 5) is 16.5. The third-order valence-corrected chi connectivity index (χ3v) is 4.07. The van der Waals surface area contributed by atoms with Gasteiger partial charge in [0, 0.05) is 18.5 Å². The Bertz CT molecular complexity index is 861. The van der Waals surface area contributed by atoms with Gasteiger partial charge >= 0.3 is 0 Å². The number of hydrogen-bond acceptors (Lipinski definition) is 4. The standard InChI is InChI=1S/C19H24F3N5O2/c1-4-13-11(15(5-2)29-27-13)9-24-19(23-6-3)25-10-16(28)26-14-8-7-12(20)17(21)18(14)22/h7-8H,4-6,9-10H2,1-3H3,(H,26,28)(H2,23,24,25). The Kier molecular flexibility index (Phi) is 8.05. The molecule has 0 fully saturated rings. The summed E-state index contributed by atoms with van der Waals surface area (Å²) in [6, 6.07) is 1.69. The van der Waals surface area contributed by atoms with E-state index in [-0.39, 0.29) is 6.54 Å². The molecule has 0 atom stereocenters. The largest absolute Gasteiger partial charge is 0.361 e. The van der Waals surface area contributed by atoms with Crippen molar-refractivity contribution in [1.29, 1.82) is 0 Å². The molecule has 29 heavy (non-hydrogen) atoms. The van der Waals surface area contributed by atoms with Gasteiger partial charge in [0.15, 0.2) is 23.4 Å². The van der Waals surface area contributed by atoms with Gasteiger partial charge < -0.3 is 20.5 Å². The van der Waals surface area contributed by atoms with Gasteiger partial charge in [0.1, 0.15) is 5.76 Å². The van der Waals surface area contributed by atoms with Crippen LogP contribution in [0, 0.1) is 17.5 Å². The normalized spacial score (nSPS) is 11.4. The molecule has 10 heteroatoms. The minimum Gasteiger partial charge on any atom is -0.361 e. The Balaban J connectivity index is 2.02. The van der Waals surface area contributed by atoms with Crippen LogP contribution >= 0.6 is 0 Å². The number of nitrogens with one attached hydrogen (secondary N) is 3. The minimum absolute atomic E-state index is 0.255. The van der Waals surface area contributed by atoms with Crippen LogP contribution in [0.25, 0.3) is 0 Å². The van der Waals surface area contributed by atoms with Crippen molar-refractivity contribution in [3.63, 3.8) is 0 Å². The lowest BCUT2D eigenvalue weighted by molar-refractivity contribution is -0.115. The highest BCUT2D eigenvalue weighted by Gasteiger charge is 2.16. The van der Waals surface area contributed by atoms with E-state index in [9.17, 15) is 18.0 Å². The zero-order valence-electron chi connectivity index (χ0n) is 16.5. The number of guanidine groups is 1. The van der Waals surface area contributed by atoms with Crippen molar-refractivity contribution in [1.82, 2.24) is 15.8 Å². The van der Waals surface area contributed by atoms with Gasteiger partial charge in [-0.3, -0.25) is 4.79 Å². The highest BCUT2D eigenvalue weighted by molar-refractivity contribution is 5.95. The molecule has 0 bridgehead atoms. The minimum atomic E-state index is -1.64. The summed E-state index contributed by atoms with van der Waals surface area (Å²) in [5, 5.41) is 12.0. The van der Waals surface area contributed by atoms with Crippen LogP contribution in [0.5, 0.6) is 0 Å². The van der Waals surface area contributed by atoms with Crippen molar-refractivity contribution in [2.24, 2.45) is 4.99 Å². The van der Waals surface area contributed by atoms with Crippen molar-refractivity contribution in [3.05, 3.63) is 46.6 Å². The average Bonchev–Trinajstić information content (AvgIpc) is 3.12. The smallest absolute Gasteiger partial charge is 0.243 e. The summed E-state index contributed by atoms with van der Waals surface area (Å²) in [6.45, 7) is 6.40. The molecule has 1 amide bonds. The Morgan fingerprint density at radius 3 is 2.52 bits per heavy atom. The number of anilines is 1. The van der Waals surface area contributed by atoms with Gasteiger partial charge in [-0.25, -0.2) is 18.2 Å². The van der Waals surface area contributed by atoms with Crippen LogP contribution in [-0.4, -0.2) is 30.1 Å². The molecule has 0 saturated carbocycles. The third-order valence-electron chi connectivity index (χ3n) is 4.07. The molecule has 1 aromatic carbocycles. The number of aryl methyl sites for hydroxylation is 2. The van der Waals surface area contributed by atoms with E-state index in [0.29, 0.717) is 31.9 Å². The van der Waals surface area contributed by atoms with Gasteiger partial charge in [0.2, 0.25) is 5.91 Å². The van der Waals surface area contributed by atoms with E-state index in [0.717, 1.165) is 29.2 Å². The lowest BCUT2D eigenvalue weighted by Crippen LogP contribution is -2.41. The van der Waals surface area contributed by atoms with E-state index in [1.54, 1.807) is 0 Å². The maximum atomic E-state index is 13.7. The summed E-state index contributed by atoms with van der Waals surface area (Å²) >= 11 is 0. The van der Waals surface area contributed by atoms with Crippen LogP contribution in [0.4, 0.5) is 18.9 Å². The first-order valence-corrected chi connectivity index (χ1v) is 9.32. The zero-order chi connectivity index (χ0) is 21.4. The first-order valence-electron chi connectivity index (χ1n) is 9.32. The van der Waals surface area contributed by atoms with Gasteiger partial charge in [-0.1, -0.05) is 19.0 Å². The summed E-state index contributed by atoms with van der Waals surface area (Å²) in [5.74, 6) is -3.95. The van der Waals surface area contributed by atoms with Crippen LogP contribution in [-0.2, 0) is 24.2 Å². The summed E-state index contributed by atoms with van der Waals surface area (Å²) in [5.41, 5.74) is 1.29. The van der Waals surface area contributed by atoms with E-state index in [2.05, 4.69) is 26.1 Å². The second kappa shape index (κ2) is 10.5. The zero-order valence-corrected chi connectivity index (χ0v) is 16.5. The summed E-state index contributed by atoms with van der Waals surface area (Å²) < 4.78 is 45.2. The van der Waals surface area contributed by atoms with Gasteiger partial charge in [0.25, 0.3) is 0 Å². The molecule has 1 heterocycles. The number of aromatic nitrogens is 1. The molecule has 0 saturated heterocycles. The Morgan fingerprint density at radius 1 is 1.10 bits per heavy atom. The van der Waals surface area contributed by atoms with E-state index >= 15 is 0 Å². The number of carbonyl (C=O) groups is 1. The van der Waals surface area contributed by atoms with Gasteiger partial charge in [-0.05, 0) is 25.5 Å². The molecule has 1 aromatic heterocycles. The quantitative estimate of drug-likeness (QED) is 0.353. The lowest BCUT2D eigenvalue weighted by Gasteiger charge is -2.12. The molecule has 0 aliphatic rings. The number of nitrogens with zero attached hydrogens (tertiary/aromatic N) is 2. The number of benzene rings is 1. The molecule has 0 radical (unpaired) electrons. The number of rotatable bonds is 8. The molecular weight excluding hydrogens is 387 g/mol. The van der Waals surface area contributed by atoms with Crippen LogP contribution in [0.2, 0.25) is 0 Å². The lowest BCUT2D eigenvalue weighted by atomic mass is 10.1. The second-order valence-electron chi connectivity index (χ2n) is 6.06. The topological polar surface area (TPSA) is 91.6 Å². The van der Waals surface area contributed by atoms with Crippen molar-refractivity contribution >= 4 is 17.6 Å². The molecule has 2 rings (SSSR count). The molecule has 0 aliphatic heterocycles. The number of hydrogen-bond donors (Lipinski definition) is 3. The summed E-state index contributed by atoms with van der Waals surface area (Å²) in [6.07, 6.45) is 1.39. The maximum Gasteiger partial charge on any atom is 0.243 e. The van der Waals surface area contributed by atoms with Crippen molar-refractivity contribution < 1.29 is 22.5 Å². The Morgan fingerprint density at radius 2 is 1.86 bits per heavy atom. The first-order chi connectivity index (χ1) is 13.9. The van der Waals surface area contributed by atoms with Gasteiger partial charge in [0.05, 0.1) is 24.5 Å². The van der Waals surface area contributed by atoms with E-state index in [1.807, 2.05) is 20.8 Å².